The molecule has 1 aliphatic carbocycles. The second-order valence-corrected chi connectivity index (χ2v) is 29.1. The Morgan fingerprint density at radius 1 is 0.393 bits per heavy atom. The van der Waals surface area contributed by atoms with Crippen molar-refractivity contribution < 1.29 is 38.2 Å². The molecule has 3 aliphatic heterocycles. The maximum absolute atomic E-state index is 14.0. The number of aromatic nitrogens is 8. The molecule has 0 radical (unpaired) electrons. The molecule has 4 fully saturated rings. The van der Waals surface area contributed by atoms with Crippen LogP contribution in [-0.2, 0) is 23.8 Å². The summed E-state index contributed by atoms with van der Waals surface area (Å²) in [4.78, 5) is 103. The normalized spacial score (nSPS) is 17.2. The van der Waals surface area contributed by atoms with Crippen LogP contribution in [0.25, 0.3) is 88.8 Å². The van der Waals surface area contributed by atoms with E-state index in [1.54, 1.807) is 20.9 Å². The van der Waals surface area contributed by atoms with Crippen molar-refractivity contribution in [1.82, 2.24) is 65.2 Å². The summed E-state index contributed by atoms with van der Waals surface area (Å²) in [5.74, 6) is 3.51. The van der Waals surface area contributed by atoms with Gasteiger partial charge in [0.05, 0.1) is 79.9 Å². The first-order valence-corrected chi connectivity index (χ1v) is 37.0. The highest BCUT2D eigenvalue weighted by Gasteiger charge is 2.40. The summed E-state index contributed by atoms with van der Waals surface area (Å²) >= 11 is 0. The minimum atomic E-state index is -0.885. The molecular weight excluding hydrogens is 1340 g/mol. The topological polar surface area (TPSA) is 262 Å². The zero-order valence-corrected chi connectivity index (χ0v) is 60.7. The smallest absolute Gasteiger partial charge is 0.410 e. The van der Waals surface area contributed by atoms with Crippen molar-refractivity contribution in [2.45, 2.75) is 127 Å². The van der Waals surface area contributed by atoms with Crippen molar-refractivity contribution in [2.75, 3.05) is 33.9 Å². The third-order valence-electron chi connectivity index (χ3n) is 21.0. The van der Waals surface area contributed by atoms with Gasteiger partial charge >= 0.3 is 18.3 Å². The lowest BCUT2D eigenvalue weighted by atomic mass is 9.98. The molecule has 5 amide bonds. The van der Waals surface area contributed by atoms with E-state index >= 15 is 0 Å². The van der Waals surface area contributed by atoms with Crippen LogP contribution < -0.4 is 10.6 Å². The average molecular weight is 1430 g/mol. The van der Waals surface area contributed by atoms with Gasteiger partial charge < -0.3 is 54.6 Å². The van der Waals surface area contributed by atoms with Crippen LogP contribution in [-0.4, -0.2) is 124 Å². The van der Waals surface area contributed by atoms with E-state index in [2.05, 4.69) is 157 Å². The van der Waals surface area contributed by atoms with Crippen LogP contribution in [0.2, 0.25) is 0 Å². The molecule has 5 atom stereocenters. The zero-order chi connectivity index (χ0) is 73.7. The Morgan fingerprint density at radius 3 is 1.11 bits per heavy atom. The molecule has 0 bridgehead atoms. The number of aromatic amines is 4. The molecule has 0 spiro atoms. The second-order valence-electron chi connectivity index (χ2n) is 29.1. The van der Waals surface area contributed by atoms with Crippen LogP contribution >= 0.6 is 0 Å². The number of alkyl carbamates (subject to hydrolysis) is 2. The Morgan fingerprint density at radius 2 is 0.720 bits per heavy atom. The fourth-order valence-corrected chi connectivity index (χ4v) is 15.5. The van der Waals surface area contributed by atoms with E-state index in [1.807, 2.05) is 100 Å². The quantitative estimate of drug-likeness (QED) is 0.0494. The van der Waals surface area contributed by atoms with Gasteiger partial charge in [0, 0.05) is 36.7 Å². The minimum absolute atomic E-state index is 0.0939. The van der Waals surface area contributed by atoms with Gasteiger partial charge in [-0.2, -0.15) is 0 Å². The van der Waals surface area contributed by atoms with E-state index in [9.17, 15) is 24.0 Å². The first-order valence-electron chi connectivity index (χ1n) is 37.0. The number of hydrogen-bond acceptors (Lipinski definition) is 12. The molecule has 7 heterocycles. The van der Waals surface area contributed by atoms with Crippen LogP contribution in [0.5, 0.6) is 0 Å². The molecular formula is C86H87N13O8. The Bertz CT molecular complexity index is 5170. The van der Waals surface area contributed by atoms with Crippen molar-refractivity contribution >= 4 is 51.6 Å². The standard InChI is InChI=1S/C50H48N8O6.C36H39N5O2/c1-63-49(61)55-43(33-11-5-3-6-12-33)47(59)57-25-9-15-41(57)45-51-29-39(53-45)32-19-17-31(18-20-32)35-21-22-37-28-38(24-23-36(37)27-35)40-30-52-46(54-40)42-16-10-26-58(42)48(60)44(56-50(62)64-2)34-13-7-4-8-14-34;1-36(2,3)43-35(42)41-18-6-9-32(41)34-38-21-30(40-34)24-12-10-23(11-13-24)26-14-15-28-20-29(17-16-27(28)19-26)31-22-37-33(39-31)25-7-4-5-8-25/h3-8,11-14,17-24,27-30,41-44H,9-10,15-16,25-26H2,1-2H3,(H,51,53)(H,52,54)(H,55,61)(H,56,62);10-17,19-22,25,32H,4-9,18H2,1-3H3,(H,37,39)(H,38,40)/t41-,42-,43?,44?;32-/m01/s1. The van der Waals surface area contributed by atoms with Gasteiger partial charge in [0.15, 0.2) is 0 Å². The third-order valence-corrected chi connectivity index (χ3v) is 21.0. The van der Waals surface area contributed by atoms with Crippen molar-refractivity contribution in [1.29, 1.82) is 0 Å². The lowest BCUT2D eigenvalue weighted by Gasteiger charge is -2.28. The SMILES string of the molecule is CC(C)(C)OC(=O)N1CCC[C@@H]1c1ncc(-c2ccc(-c3ccc4cc(-c5cnc(C6CCCC6)[nH]5)ccc4c3)cc2)[nH]1.COC(=O)NC(C(=O)N1CCC[C@H]1c1ncc(-c2ccc(-c3ccc4cc(-c5cnc([C@@H]6CCCN6C(=O)C(NC(=O)OC)c6ccccc6)[nH]5)ccc4c3)cc2)[nH]1)c1ccccc1. The molecule has 8 aromatic carbocycles. The Hall–Kier alpha value is -12.1. The van der Waals surface area contributed by atoms with Crippen LogP contribution in [0.4, 0.5) is 14.4 Å². The molecule has 3 saturated heterocycles. The number of nitrogens with zero attached hydrogens (tertiary/aromatic N) is 7. The number of benzene rings is 8. The van der Waals surface area contributed by atoms with Gasteiger partial charge in [-0.3, -0.25) is 14.5 Å². The minimum Gasteiger partial charge on any atom is -0.453 e. The van der Waals surface area contributed by atoms with Crippen molar-refractivity contribution in [3.63, 3.8) is 0 Å². The summed E-state index contributed by atoms with van der Waals surface area (Å²) in [5.41, 5.74) is 13.2. The Kier molecular flexibility index (Phi) is 20.4. The number of rotatable bonds is 16. The number of carbonyl (C=O) groups excluding carboxylic acids is 5. The summed E-state index contributed by atoms with van der Waals surface area (Å²) in [6.07, 6.45) is 15.9. The molecule has 21 nitrogen and oxygen atoms in total. The highest BCUT2D eigenvalue weighted by molar-refractivity contribution is 5.93. The highest BCUT2D eigenvalue weighted by atomic mass is 16.6. The first kappa shape index (κ1) is 70.5. The summed E-state index contributed by atoms with van der Waals surface area (Å²) < 4.78 is 15.3. The Labute approximate surface area is 620 Å². The molecule has 4 aliphatic rings. The molecule has 544 valence electrons. The number of hydrogen-bond donors (Lipinski definition) is 6. The van der Waals surface area contributed by atoms with Gasteiger partial charge in [-0.1, -0.05) is 171 Å². The lowest BCUT2D eigenvalue weighted by Crippen LogP contribution is -2.42. The van der Waals surface area contributed by atoms with E-state index in [4.69, 9.17) is 29.2 Å². The summed E-state index contributed by atoms with van der Waals surface area (Å²) in [6, 6.07) is 58.9. The summed E-state index contributed by atoms with van der Waals surface area (Å²) in [7, 11) is 2.56. The molecule has 4 aromatic heterocycles. The van der Waals surface area contributed by atoms with Crippen LogP contribution in [0.3, 0.4) is 0 Å². The van der Waals surface area contributed by atoms with Gasteiger partial charge in [0.25, 0.3) is 11.8 Å². The third kappa shape index (κ3) is 15.5. The number of methoxy groups -OCH3 is 2. The van der Waals surface area contributed by atoms with E-state index in [-0.39, 0.29) is 36.0 Å². The van der Waals surface area contributed by atoms with Crippen molar-refractivity contribution in [2.24, 2.45) is 0 Å². The predicted molar refractivity (Wildman–Crippen MR) is 412 cm³/mol. The second kappa shape index (κ2) is 30.9. The number of nitrogens with one attached hydrogen (secondary N) is 6. The van der Waals surface area contributed by atoms with Crippen molar-refractivity contribution in [3.05, 3.63) is 241 Å². The number of imidazole rings is 4. The van der Waals surface area contributed by atoms with Gasteiger partial charge in [-0.05, 0) is 162 Å². The lowest BCUT2D eigenvalue weighted by molar-refractivity contribution is -0.135. The summed E-state index contributed by atoms with van der Waals surface area (Å²) in [5, 5.41) is 10.0. The van der Waals surface area contributed by atoms with E-state index in [0.717, 1.165) is 117 Å². The predicted octanol–water partition coefficient (Wildman–Crippen LogP) is 17.8. The van der Waals surface area contributed by atoms with E-state index in [1.165, 1.54) is 61.8 Å². The van der Waals surface area contributed by atoms with Gasteiger partial charge in [-0.25, -0.2) is 34.3 Å². The first-order chi connectivity index (χ1) is 52.1. The van der Waals surface area contributed by atoms with Crippen LogP contribution in [0, 0.1) is 0 Å². The number of carbonyl (C=O) groups is 5. The van der Waals surface area contributed by atoms with E-state index in [0.29, 0.717) is 48.3 Å². The van der Waals surface area contributed by atoms with Gasteiger partial charge in [-0.15, -0.1) is 0 Å². The van der Waals surface area contributed by atoms with Gasteiger partial charge in [0.1, 0.15) is 41.0 Å². The monoisotopic (exact) mass is 1430 g/mol. The maximum Gasteiger partial charge on any atom is 0.410 e. The fraction of sp³-hybridized carbons (Fsp3) is 0.291. The van der Waals surface area contributed by atoms with Crippen LogP contribution in [0.1, 0.15) is 156 Å². The maximum atomic E-state index is 14.0. The van der Waals surface area contributed by atoms with Crippen LogP contribution in [0.15, 0.2) is 207 Å². The average Bonchev–Trinajstić information content (AvgIpc) is 1.76. The molecule has 21 heteroatoms. The fourth-order valence-electron chi connectivity index (χ4n) is 15.5. The Balaban J connectivity index is 0.000000185. The number of ether oxygens (including phenoxy) is 3. The molecule has 6 N–H and O–H groups in total. The van der Waals surface area contributed by atoms with Crippen molar-refractivity contribution in [3.8, 4) is 67.3 Å². The number of likely N-dealkylation sites (tertiary alicyclic amines) is 3. The number of H-pyrrole nitrogens is 4. The summed E-state index contributed by atoms with van der Waals surface area (Å²) in [6.45, 7) is 7.47. The number of fused-ring (bicyclic) bond motifs is 2. The molecule has 1 saturated carbocycles. The molecule has 16 rings (SSSR count). The zero-order valence-electron chi connectivity index (χ0n) is 60.7. The largest absolute Gasteiger partial charge is 0.453 e. The number of amides is 5. The highest BCUT2D eigenvalue weighted by Crippen LogP contribution is 2.40. The molecule has 107 heavy (non-hydrogen) atoms. The molecule has 2 unspecified atom stereocenters. The molecule has 12 aromatic rings. The van der Waals surface area contributed by atoms with Gasteiger partial charge in [0.2, 0.25) is 0 Å². The van der Waals surface area contributed by atoms with E-state index < -0.39 is 29.9 Å².